The van der Waals surface area contributed by atoms with Crippen molar-refractivity contribution in [3.8, 4) is 0 Å². The van der Waals surface area contributed by atoms with Gasteiger partial charge in [0.15, 0.2) is 6.23 Å². The summed E-state index contributed by atoms with van der Waals surface area (Å²) in [6, 6.07) is 1.33. The fraction of sp³-hybridized carbons (Fsp3) is 0.750. The van der Waals surface area contributed by atoms with Gasteiger partial charge in [-0.1, -0.05) is 6.92 Å². The number of halogens is 1. The lowest BCUT2D eigenvalue weighted by Crippen LogP contribution is -2.36. The number of H-pyrrole nitrogens is 1. The number of hydrogen-bond donors (Lipinski definition) is 2. The first kappa shape index (κ1) is 22.9. The van der Waals surface area contributed by atoms with Crippen molar-refractivity contribution in [3.63, 3.8) is 0 Å². The highest BCUT2D eigenvalue weighted by Gasteiger charge is 2.26. The van der Waals surface area contributed by atoms with Crippen LogP contribution in [0.1, 0.15) is 47.3 Å². The van der Waals surface area contributed by atoms with Crippen molar-refractivity contribution in [2.24, 2.45) is 0 Å². The fourth-order valence-electron chi connectivity index (χ4n) is 2.51. The van der Waals surface area contributed by atoms with Gasteiger partial charge in [0, 0.05) is 24.3 Å². The minimum atomic E-state index is -1.81. The molecule has 1 heterocycles. The molecule has 3 unspecified atom stereocenters. The van der Waals surface area contributed by atoms with Crippen LogP contribution >= 0.6 is 8.53 Å². The highest BCUT2D eigenvalue weighted by molar-refractivity contribution is 7.43. The van der Waals surface area contributed by atoms with Gasteiger partial charge < -0.3 is 14.2 Å². The Balaban J connectivity index is 2.75. The van der Waals surface area contributed by atoms with Gasteiger partial charge in [-0.2, -0.15) is 0 Å². The molecule has 26 heavy (non-hydrogen) atoms. The van der Waals surface area contributed by atoms with E-state index in [1.807, 2.05) is 39.3 Å². The lowest BCUT2D eigenvalue weighted by molar-refractivity contribution is -0.0842. The monoisotopic (exact) mass is 393 g/mol. The van der Waals surface area contributed by atoms with Gasteiger partial charge in [-0.25, -0.2) is 13.9 Å². The SMILES string of the molecule is CCC(COP(O)N(C(C)C)C(C)C)OC(CF)n1ccc(=O)[nH]c1=O. The summed E-state index contributed by atoms with van der Waals surface area (Å²) in [6.07, 6.45) is -0.00443. The molecule has 10 heteroatoms. The third-order valence-electron chi connectivity index (χ3n) is 3.73. The molecule has 150 valence electrons. The maximum Gasteiger partial charge on any atom is 0.330 e. The van der Waals surface area contributed by atoms with Crippen molar-refractivity contribution in [2.75, 3.05) is 13.3 Å². The van der Waals surface area contributed by atoms with Crippen molar-refractivity contribution >= 4 is 8.53 Å². The van der Waals surface area contributed by atoms with Gasteiger partial charge >= 0.3 is 5.69 Å². The van der Waals surface area contributed by atoms with Crippen molar-refractivity contribution < 1.29 is 18.5 Å². The summed E-state index contributed by atoms with van der Waals surface area (Å²) in [5.74, 6) is 0. The van der Waals surface area contributed by atoms with Crippen LogP contribution < -0.4 is 11.2 Å². The second kappa shape index (κ2) is 10.9. The maximum absolute atomic E-state index is 13.4. The molecule has 0 fully saturated rings. The number of nitrogens with one attached hydrogen (secondary N) is 1. The van der Waals surface area contributed by atoms with Gasteiger partial charge in [0.2, 0.25) is 0 Å². The van der Waals surface area contributed by atoms with E-state index in [4.69, 9.17) is 9.26 Å². The van der Waals surface area contributed by atoms with E-state index in [2.05, 4.69) is 4.98 Å². The molecular formula is C16H29FN3O5P. The molecule has 1 rings (SSSR count). The lowest BCUT2D eigenvalue weighted by Gasteiger charge is -2.33. The van der Waals surface area contributed by atoms with E-state index in [-0.39, 0.29) is 18.7 Å². The fourth-order valence-corrected chi connectivity index (χ4v) is 3.74. The summed E-state index contributed by atoms with van der Waals surface area (Å²) in [5, 5.41) is 0. The van der Waals surface area contributed by atoms with Crippen LogP contribution in [0.4, 0.5) is 4.39 Å². The predicted molar refractivity (Wildman–Crippen MR) is 98.7 cm³/mol. The van der Waals surface area contributed by atoms with Crippen LogP contribution in [0.15, 0.2) is 21.9 Å². The minimum Gasteiger partial charge on any atom is -0.349 e. The summed E-state index contributed by atoms with van der Waals surface area (Å²) >= 11 is 0. The number of rotatable bonds is 11. The van der Waals surface area contributed by atoms with Crippen LogP contribution in [0.25, 0.3) is 0 Å². The van der Waals surface area contributed by atoms with E-state index in [0.29, 0.717) is 6.42 Å². The van der Waals surface area contributed by atoms with Crippen LogP contribution in [0.2, 0.25) is 0 Å². The van der Waals surface area contributed by atoms with Crippen LogP contribution in [-0.2, 0) is 9.26 Å². The number of nitrogens with zero attached hydrogens (tertiary/aromatic N) is 2. The third-order valence-corrected chi connectivity index (χ3v) is 5.43. The van der Waals surface area contributed by atoms with Gasteiger partial charge in [-0.3, -0.25) is 14.3 Å². The van der Waals surface area contributed by atoms with E-state index in [9.17, 15) is 18.9 Å². The molecule has 0 aliphatic rings. The molecular weight excluding hydrogens is 364 g/mol. The van der Waals surface area contributed by atoms with E-state index < -0.39 is 38.8 Å². The van der Waals surface area contributed by atoms with Crippen molar-refractivity contribution in [2.45, 2.75) is 65.5 Å². The van der Waals surface area contributed by atoms with Crippen LogP contribution in [0.3, 0.4) is 0 Å². The van der Waals surface area contributed by atoms with Crippen LogP contribution in [-0.4, -0.2) is 50.6 Å². The zero-order valence-electron chi connectivity index (χ0n) is 15.9. The Labute approximate surface area is 153 Å². The first-order valence-corrected chi connectivity index (χ1v) is 9.80. The molecule has 0 aliphatic heterocycles. The van der Waals surface area contributed by atoms with Gasteiger partial charge in [0.05, 0.1) is 12.7 Å². The molecule has 8 nitrogen and oxygen atoms in total. The minimum absolute atomic E-state index is 0.0588. The van der Waals surface area contributed by atoms with Crippen molar-refractivity contribution in [1.29, 1.82) is 0 Å². The van der Waals surface area contributed by atoms with Gasteiger partial charge in [-0.05, 0) is 34.1 Å². The third kappa shape index (κ3) is 6.55. The highest BCUT2D eigenvalue weighted by atomic mass is 31.2. The molecule has 0 aliphatic carbocycles. The van der Waals surface area contributed by atoms with Gasteiger partial charge in [0.1, 0.15) is 6.67 Å². The molecule has 0 amide bonds. The molecule has 0 saturated heterocycles. The molecule has 1 aromatic rings. The Morgan fingerprint density at radius 2 is 1.92 bits per heavy atom. The molecule has 0 bridgehead atoms. The molecule has 0 aromatic carbocycles. The number of hydrogen-bond acceptors (Lipinski definition) is 6. The summed E-state index contributed by atoms with van der Waals surface area (Å²) in [7, 11) is -1.81. The van der Waals surface area contributed by atoms with Gasteiger partial charge in [-0.15, -0.1) is 0 Å². The van der Waals surface area contributed by atoms with E-state index in [1.54, 1.807) is 0 Å². The van der Waals surface area contributed by atoms with Crippen molar-refractivity contribution in [3.05, 3.63) is 33.1 Å². The Morgan fingerprint density at radius 1 is 1.31 bits per heavy atom. The average molecular weight is 393 g/mol. The largest absolute Gasteiger partial charge is 0.349 e. The Morgan fingerprint density at radius 3 is 2.38 bits per heavy atom. The maximum atomic E-state index is 13.4. The van der Waals surface area contributed by atoms with E-state index in [0.717, 1.165) is 10.6 Å². The van der Waals surface area contributed by atoms with E-state index in [1.165, 1.54) is 6.20 Å². The molecule has 0 radical (unpaired) electrons. The highest BCUT2D eigenvalue weighted by Crippen LogP contribution is 2.40. The summed E-state index contributed by atoms with van der Waals surface area (Å²) in [4.78, 5) is 35.3. The number of ether oxygens (including phenoxy) is 1. The molecule has 0 saturated carbocycles. The van der Waals surface area contributed by atoms with Crippen LogP contribution in [0, 0.1) is 0 Å². The Bertz CT molecular complexity index is 643. The first-order valence-electron chi connectivity index (χ1n) is 8.64. The number of alkyl halides is 1. The molecule has 1 aromatic heterocycles. The molecule has 0 spiro atoms. The first-order chi connectivity index (χ1) is 12.2. The standard InChI is InChI=1S/C16H29FN3O5P/c1-6-13(10-24-26(23)20(11(2)3)12(4)5)25-15(9-17)19-8-7-14(21)18-16(19)22/h7-8,11-13,15,23H,6,9-10H2,1-5H3,(H,18,21,22). The molecule has 3 atom stereocenters. The topological polar surface area (TPSA) is 96.8 Å². The molecule has 2 N–H and O–H groups in total. The van der Waals surface area contributed by atoms with E-state index >= 15 is 0 Å². The quantitative estimate of drug-likeness (QED) is 0.559. The normalized spacial score (nSPS) is 15.6. The Kier molecular flexibility index (Phi) is 9.60. The number of aromatic amines is 1. The Hall–Kier alpha value is -1.12. The predicted octanol–water partition coefficient (Wildman–Crippen LogP) is 2.15. The van der Waals surface area contributed by atoms with Crippen molar-refractivity contribution in [1.82, 2.24) is 14.2 Å². The van der Waals surface area contributed by atoms with Crippen LogP contribution in [0.5, 0.6) is 0 Å². The zero-order valence-corrected chi connectivity index (χ0v) is 16.8. The summed E-state index contributed by atoms with van der Waals surface area (Å²) in [5.41, 5.74) is -1.31. The second-order valence-corrected chi connectivity index (χ2v) is 7.63. The summed E-state index contributed by atoms with van der Waals surface area (Å²) in [6.45, 7) is 8.80. The lowest BCUT2D eigenvalue weighted by atomic mass is 10.3. The smallest absolute Gasteiger partial charge is 0.330 e. The summed E-state index contributed by atoms with van der Waals surface area (Å²) < 4.78 is 27.4. The van der Waals surface area contributed by atoms with Gasteiger partial charge in [0.25, 0.3) is 14.1 Å². The second-order valence-electron chi connectivity index (χ2n) is 6.41. The number of aromatic nitrogens is 2. The zero-order chi connectivity index (χ0) is 19.9. The average Bonchev–Trinajstić information content (AvgIpc) is 2.55.